The third-order valence-corrected chi connectivity index (χ3v) is 3.85. The molecule has 0 unspecified atom stereocenters. The Morgan fingerprint density at radius 1 is 1.20 bits per heavy atom. The van der Waals surface area contributed by atoms with Crippen molar-refractivity contribution in [1.82, 2.24) is 10.3 Å². The highest BCUT2D eigenvalue weighted by atomic mass is 19.3. The van der Waals surface area contributed by atoms with Crippen LogP contribution in [-0.2, 0) is 0 Å². The SMILES string of the molecule is N#Cc1ncc(C(=O)NC2CC(F)(F)C2)cc1-c1cc(F)cc(F)c1. The van der Waals surface area contributed by atoms with Crippen LogP contribution in [0.25, 0.3) is 11.1 Å². The summed E-state index contributed by atoms with van der Waals surface area (Å²) in [6.07, 6.45) is 0.235. The monoisotopic (exact) mass is 349 g/mol. The van der Waals surface area contributed by atoms with Crippen LogP contribution in [0.5, 0.6) is 0 Å². The Bertz CT molecular complexity index is 864. The molecule has 128 valence electrons. The normalized spacial score (nSPS) is 16.0. The number of nitrogens with zero attached hydrogens (tertiary/aromatic N) is 2. The molecule has 4 nitrogen and oxygen atoms in total. The molecule has 0 atom stereocenters. The largest absolute Gasteiger partial charge is 0.349 e. The predicted octanol–water partition coefficient (Wildman–Crippen LogP) is 3.43. The van der Waals surface area contributed by atoms with Crippen LogP contribution in [0, 0.1) is 23.0 Å². The number of nitriles is 1. The van der Waals surface area contributed by atoms with Gasteiger partial charge in [-0.25, -0.2) is 22.5 Å². The lowest BCUT2D eigenvalue weighted by atomic mass is 9.88. The first-order valence-electron chi connectivity index (χ1n) is 7.33. The van der Waals surface area contributed by atoms with Gasteiger partial charge in [-0.15, -0.1) is 0 Å². The Labute approximate surface area is 140 Å². The molecule has 8 heteroatoms. The summed E-state index contributed by atoms with van der Waals surface area (Å²) >= 11 is 0. The van der Waals surface area contributed by atoms with Gasteiger partial charge in [-0.3, -0.25) is 4.79 Å². The zero-order valence-electron chi connectivity index (χ0n) is 12.7. The topological polar surface area (TPSA) is 65.8 Å². The number of amides is 1. The van der Waals surface area contributed by atoms with Gasteiger partial charge in [0.05, 0.1) is 5.56 Å². The van der Waals surface area contributed by atoms with E-state index in [0.717, 1.165) is 18.3 Å². The van der Waals surface area contributed by atoms with Gasteiger partial charge in [-0.1, -0.05) is 0 Å². The van der Waals surface area contributed by atoms with Crippen molar-refractivity contribution in [1.29, 1.82) is 5.26 Å². The molecule has 0 spiro atoms. The molecule has 1 aliphatic carbocycles. The molecular weight excluding hydrogens is 338 g/mol. The van der Waals surface area contributed by atoms with Crippen molar-refractivity contribution >= 4 is 5.91 Å². The van der Waals surface area contributed by atoms with Gasteiger partial charge < -0.3 is 5.32 Å². The van der Waals surface area contributed by atoms with Crippen LogP contribution in [0.4, 0.5) is 17.6 Å². The van der Waals surface area contributed by atoms with E-state index in [1.54, 1.807) is 6.07 Å². The van der Waals surface area contributed by atoms with Crippen LogP contribution >= 0.6 is 0 Å². The fraction of sp³-hybridized carbons (Fsp3) is 0.235. The first-order valence-corrected chi connectivity index (χ1v) is 7.33. The minimum atomic E-state index is -2.77. The summed E-state index contributed by atoms with van der Waals surface area (Å²) in [7, 11) is 0. The molecule has 0 radical (unpaired) electrons. The molecule has 0 saturated heterocycles. The van der Waals surface area contributed by atoms with Gasteiger partial charge in [0.15, 0.2) is 0 Å². The van der Waals surface area contributed by atoms with E-state index >= 15 is 0 Å². The minimum absolute atomic E-state index is 0.00823. The zero-order valence-corrected chi connectivity index (χ0v) is 12.7. The summed E-state index contributed by atoms with van der Waals surface area (Å²) in [4.78, 5) is 16.0. The van der Waals surface area contributed by atoms with Crippen LogP contribution < -0.4 is 5.32 Å². The second kappa shape index (κ2) is 6.16. The van der Waals surface area contributed by atoms with E-state index in [9.17, 15) is 22.4 Å². The molecular formula is C17H11F4N3O. The number of pyridine rings is 1. The Morgan fingerprint density at radius 2 is 1.84 bits per heavy atom. The highest BCUT2D eigenvalue weighted by Crippen LogP contribution is 2.37. The maximum absolute atomic E-state index is 13.4. The number of hydrogen-bond donors (Lipinski definition) is 1. The number of hydrogen-bond acceptors (Lipinski definition) is 3. The Hall–Kier alpha value is -2.95. The Kier molecular flexibility index (Phi) is 4.17. The number of benzene rings is 1. The first kappa shape index (κ1) is 16.9. The number of rotatable bonds is 3. The number of aromatic nitrogens is 1. The van der Waals surface area contributed by atoms with Gasteiger partial charge in [0.2, 0.25) is 0 Å². The minimum Gasteiger partial charge on any atom is -0.349 e. The third-order valence-electron chi connectivity index (χ3n) is 3.85. The first-order chi connectivity index (χ1) is 11.8. The lowest BCUT2D eigenvalue weighted by molar-refractivity contribution is -0.0901. The van der Waals surface area contributed by atoms with Crippen molar-refractivity contribution in [3.05, 3.63) is 53.4 Å². The summed E-state index contributed by atoms with van der Waals surface area (Å²) in [5.74, 6) is -5.10. The third kappa shape index (κ3) is 3.60. The van der Waals surface area contributed by atoms with Crippen LogP contribution in [-0.4, -0.2) is 22.9 Å². The Morgan fingerprint density at radius 3 is 2.40 bits per heavy atom. The molecule has 25 heavy (non-hydrogen) atoms. The molecule has 2 aromatic rings. The average molecular weight is 349 g/mol. The molecule has 3 rings (SSSR count). The van der Waals surface area contributed by atoms with Crippen molar-refractivity contribution in [3.8, 4) is 17.2 Å². The molecule has 1 aliphatic rings. The summed E-state index contributed by atoms with van der Waals surface area (Å²) in [6.45, 7) is 0. The quantitative estimate of drug-likeness (QED) is 0.864. The number of alkyl halides is 2. The van der Waals surface area contributed by atoms with Gasteiger partial charge in [0.25, 0.3) is 11.8 Å². The van der Waals surface area contributed by atoms with Crippen molar-refractivity contribution in [2.75, 3.05) is 0 Å². The lowest BCUT2D eigenvalue weighted by Crippen LogP contribution is -2.50. The molecule has 0 aliphatic heterocycles. The molecule has 1 saturated carbocycles. The Balaban J connectivity index is 1.90. The van der Waals surface area contributed by atoms with Gasteiger partial charge in [-0.05, 0) is 23.8 Å². The molecule has 1 aromatic carbocycles. The molecule has 1 heterocycles. The second-order valence-electron chi connectivity index (χ2n) is 5.82. The van der Waals surface area contributed by atoms with Crippen molar-refractivity contribution in [2.24, 2.45) is 0 Å². The predicted molar refractivity (Wildman–Crippen MR) is 79.7 cm³/mol. The maximum Gasteiger partial charge on any atom is 0.253 e. The van der Waals surface area contributed by atoms with E-state index in [2.05, 4.69) is 10.3 Å². The van der Waals surface area contributed by atoms with E-state index in [1.165, 1.54) is 6.07 Å². The smallest absolute Gasteiger partial charge is 0.253 e. The number of nitrogens with one attached hydrogen (secondary N) is 1. The zero-order chi connectivity index (χ0) is 18.2. The summed E-state index contributed by atoms with van der Waals surface area (Å²) in [5.41, 5.74) is 0.0180. The number of carbonyl (C=O) groups is 1. The van der Waals surface area contributed by atoms with E-state index in [4.69, 9.17) is 5.26 Å². The summed E-state index contributed by atoms with van der Waals surface area (Å²) < 4.78 is 52.5. The van der Waals surface area contributed by atoms with Crippen molar-refractivity contribution in [3.63, 3.8) is 0 Å². The van der Waals surface area contributed by atoms with Crippen LogP contribution in [0.3, 0.4) is 0 Å². The number of halogens is 4. The molecule has 1 fully saturated rings. The maximum atomic E-state index is 13.4. The van der Waals surface area contributed by atoms with Crippen LogP contribution in [0.1, 0.15) is 28.9 Å². The van der Waals surface area contributed by atoms with E-state index in [0.29, 0.717) is 6.07 Å². The van der Waals surface area contributed by atoms with E-state index < -0.39 is 42.3 Å². The van der Waals surface area contributed by atoms with Crippen LogP contribution in [0.15, 0.2) is 30.5 Å². The van der Waals surface area contributed by atoms with Gasteiger partial charge in [-0.2, -0.15) is 5.26 Å². The average Bonchev–Trinajstić information content (AvgIpc) is 2.51. The van der Waals surface area contributed by atoms with Crippen molar-refractivity contribution < 1.29 is 22.4 Å². The summed E-state index contributed by atoms with van der Waals surface area (Å²) in [5, 5.41) is 11.6. The van der Waals surface area contributed by atoms with Gasteiger partial charge in [0, 0.05) is 36.7 Å². The highest BCUT2D eigenvalue weighted by Gasteiger charge is 2.45. The fourth-order valence-electron chi connectivity index (χ4n) is 2.64. The highest BCUT2D eigenvalue weighted by molar-refractivity contribution is 5.95. The molecule has 1 N–H and O–H groups in total. The second-order valence-corrected chi connectivity index (χ2v) is 5.82. The molecule has 0 bridgehead atoms. The van der Waals surface area contributed by atoms with E-state index in [1.807, 2.05) is 0 Å². The molecule has 1 amide bonds. The van der Waals surface area contributed by atoms with Gasteiger partial charge in [0.1, 0.15) is 23.4 Å². The lowest BCUT2D eigenvalue weighted by Gasteiger charge is -2.35. The van der Waals surface area contributed by atoms with Crippen molar-refractivity contribution in [2.45, 2.75) is 24.8 Å². The number of carbonyl (C=O) groups excluding carboxylic acids is 1. The molecule has 1 aromatic heterocycles. The summed E-state index contributed by atoms with van der Waals surface area (Å²) in [6, 6.07) is 5.09. The van der Waals surface area contributed by atoms with Gasteiger partial charge >= 0.3 is 0 Å². The van der Waals surface area contributed by atoms with Crippen LogP contribution in [0.2, 0.25) is 0 Å². The van der Waals surface area contributed by atoms with E-state index in [-0.39, 0.29) is 22.4 Å². The fourth-order valence-corrected chi connectivity index (χ4v) is 2.64. The standard InChI is InChI=1S/C17H11F4N3O/c18-11-1-9(2-12(19)4-11)14-3-10(8-23-15(14)7-22)16(25)24-13-5-17(20,21)6-13/h1-4,8,13H,5-6H2,(H,24,25).